The number of amides is 1. The first-order valence-corrected chi connectivity index (χ1v) is 8.19. The van der Waals surface area contributed by atoms with E-state index in [0.717, 1.165) is 24.1 Å². The Bertz CT molecular complexity index is 631. The number of hydrogen-bond acceptors (Lipinski definition) is 4. The minimum Gasteiger partial charge on any atom is -0.444 e. The molecule has 0 bridgehead atoms. The Morgan fingerprint density at radius 1 is 1.38 bits per heavy atom. The van der Waals surface area contributed by atoms with E-state index in [9.17, 15) is 13.6 Å². The number of pyridine rings is 1. The molecule has 1 fully saturated rings. The number of halogens is 2. The van der Waals surface area contributed by atoms with Crippen LogP contribution >= 0.6 is 0 Å². The highest BCUT2D eigenvalue weighted by molar-refractivity contribution is 5.69. The highest BCUT2D eigenvalue weighted by Gasteiger charge is 2.43. The van der Waals surface area contributed by atoms with E-state index < -0.39 is 12.2 Å². The largest absolute Gasteiger partial charge is 0.444 e. The van der Waals surface area contributed by atoms with Gasteiger partial charge >= 0.3 is 12.7 Å². The van der Waals surface area contributed by atoms with E-state index in [4.69, 9.17) is 4.74 Å². The van der Waals surface area contributed by atoms with Gasteiger partial charge in [-0.25, -0.2) is 9.78 Å². The van der Waals surface area contributed by atoms with Crippen molar-refractivity contribution in [3.63, 3.8) is 0 Å². The van der Waals surface area contributed by atoms with Crippen LogP contribution in [0.25, 0.3) is 0 Å². The Morgan fingerprint density at radius 3 is 2.79 bits per heavy atom. The van der Waals surface area contributed by atoms with Gasteiger partial charge in [0.2, 0.25) is 5.88 Å². The maximum atomic E-state index is 12.5. The van der Waals surface area contributed by atoms with Gasteiger partial charge in [-0.05, 0) is 57.6 Å². The molecule has 1 amide bonds. The van der Waals surface area contributed by atoms with Crippen molar-refractivity contribution in [3.8, 4) is 5.88 Å². The zero-order valence-corrected chi connectivity index (χ0v) is 14.1. The first-order valence-electron chi connectivity index (χ1n) is 8.19. The second kappa shape index (κ2) is 6.18. The number of carbonyl (C=O) groups excluding carboxylic acids is 1. The molecule has 0 N–H and O–H groups in total. The smallest absolute Gasteiger partial charge is 0.410 e. The number of aromatic nitrogens is 1. The van der Waals surface area contributed by atoms with Gasteiger partial charge < -0.3 is 14.4 Å². The fraction of sp³-hybridized carbons (Fsp3) is 0.647. The lowest BCUT2D eigenvalue weighted by molar-refractivity contribution is -0.0529. The molecule has 0 saturated carbocycles. The summed E-state index contributed by atoms with van der Waals surface area (Å²) in [6, 6.07) is 3.08. The highest BCUT2D eigenvalue weighted by atomic mass is 19.3. The number of likely N-dealkylation sites (tertiary alicyclic amines) is 1. The van der Waals surface area contributed by atoms with Crippen LogP contribution < -0.4 is 4.74 Å². The quantitative estimate of drug-likeness (QED) is 0.819. The van der Waals surface area contributed by atoms with E-state index in [1.807, 2.05) is 20.8 Å². The molecule has 1 saturated heterocycles. The van der Waals surface area contributed by atoms with E-state index in [0.29, 0.717) is 13.0 Å². The number of fused-ring (bicyclic) bond motifs is 3. The average molecular weight is 340 g/mol. The van der Waals surface area contributed by atoms with Gasteiger partial charge in [-0.15, -0.1) is 0 Å². The van der Waals surface area contributed by atoms with Crippen LogP contribution in [-0.2, 0) is 11.2 Å². The maximum absolute atomic E-state index is 12.5. The van der Waals surface area contributed by atoms with Crippen LogP contribution in [0.1, 0.15) is 50.9 Å². The van der Waals surface area contributed by atoms with Crippen molar-refractivity contribution in [2.75, 3.05) is 6.54 Å². The van der Waals surface area contributed by atoms with Gasteiger partial charge in [0.25, 0.3) is 0 Å². The van der Waals surface area contributed by atoms with Crippen LogP contribution in [-0.4, -0.2) is 34.7 Å². The molecule has 0 spiro atoms. The minimum atomic E-state index is -2.89. The van der Waals surface area contributed by atoms with Crippen molar-refractivity contribution in [3.05, 3.63) is 23.4 Å². The number of nitrogens with zero attached hydrogens (tertiary/aromatic N) is 2. The molecule has 1 aliphatic heterocycles. The topological polar surface area (TPSA) is 51.7 Å². The molecule has 2 atom stereocenters. The van der Waals surface area contributed by atoms with E-state index in [2.05, 4.69) is 9.72 Å². The Morgan fingerprint density at radius 2 is 2.12 bits per heavy atom. The molecule has 5 nitrogen and oxygen atoms in total. The van der Waals surface area contributed by atoms with E-state index >= 15 is 0 Å². The summed E-state index contributed by atoms with van der Waals surface area (Å²) in [5.74, 6) is 0.168. The number of piperidine rings is 1. The van der Waals surface area contributed by atoms with Crippen LogP contribution in [0, 0.1) is 5.92 Å². The van der Waals surface area contributed by atoms with E-state index in [-0.39, 0.29) is 23.9 Å². The molecule has 1 aliphatic carbocycles. The van der Waals surface area contributed by atoms with Crippen LogP contribution in [0.3, 0.4) is 0 Å². The molecule has 0 aromatic carbocycles. The van der Waals surface area contributed by atoms with Gasteiger partial charge in [0.15, 0.2) is 0 Å². The molecular weight excluding hydrogens is 318 g/mol. The Labute approximate surface area is 139 Å². The van der Waals surface area contributed by atoms with Crippen LogP contribution in [0.15, 0.2) is 12.1 Å². The molecule has 132 valence electrons. The molecule has 1 aromatic heterocycles. The zero-order chi connectivity index (χ0) is 17.5. The highest BCUT2D eigenvalue weighted by Crippen LogP contribution is 2.45. The third-order valence-electron chi connectivity index (χ3n) is 4.35. The van der Waals surface area contributed by atoms with Crippen molar-refractivity contribution in [2.45, 2.75) is 58.3 Å². The fourth-order valence-electron chi connectivity index (χ4n) is 3.57. The molecule has 1 aromatic rings. The zero-order valence-electron chi connectivity index (χ0n) is 14.1. The number of rotatable bonds is 2. The van der Waals surface area contributed by atoms with E-state index in [1.165, 1.54) is 6.07 Å². The summed E-state index contributed by atoms with van der Waals surface area (Å²) >= 11 is 0. The van der Waals surface area contributed by atoms with Crippen molar-refractivity contribution in [1.29, 1.82) is 0 Å². The molecule has 2 aliphatic rings. The molecule has 24 heavy (non-hydrogen) atoms. The molecular formula is C17H22F2N2O3. The molecule has 3 rings (SSSR count). The predicted molar refractivity (Wildman–Crippen MR) is 83.0 cm³/mol. The summed E-state index contributed by atoms with van der Waals surface area (Å²) in [5.41, 5.74) is 1.09. The maximum Gasteiger partial charge on any atom is 0.410 e. The number of carbonyl (C=O) groups is 1. The average Bonchev–Trinajstić information content (AvgIpc) is 2.82. The number of alkyl halides is 2. The molecule has 0 unspecified atom stereocenters. The third kappa shape index (κ3) is 3.44. The molecule has 0 radical (unpaired) electrons. The summed E-state index contributed by atoms with van der Waals surface area (Å²) in [6.45, 7) is 3.25. The van der Waals surface area contributed by atoms with Gasteiger partial charge in [0.05, 0.1) is 11.7 Å². The summed E-state index contributed by atoms with van der Waals surface area (Å²) < 4.78 is 34.6. The lowest BCUT2D eigenvalue weighted by Crippen LogP contribution is -2.43. The molecule has 2 heterocycles. The van der Waals surface area contributed by atoms with Crippen LogP contribution in [0.2, 0.25) is 0 Å². The lowest BCUT2D eigenvalue weighted by atomic mass is 9.90. The first kappa shape index (κ1) is 16.9. The first-order chi connectivity index (χ1) is 11.2. The minimum absolute atomic E-state index is 0.0776. The number of hydrogen-bond donors (Lipinski definition) is 0. The summed E-state index contributed by atoms with van der Waals surface area (Å²) in [5, 5.41) is 0. The van der Waals surface area contributed by atoms with Crippen LogP contribution in [0.5, 0.6) is 5.88 Å². The van der Waals surface area contributed by atoms with Gasteiger partial charge in [-0.2, -0.15) is 8.78 Å². The van der Waals surface area contributed by atoms with Crippen LogP contribution in [0.4, 0.5) is 13.6 Å². The second-order valence-electron chi connectivity index (χ2n) is 7.29. The monoisotopic (exact) mass is 340 g/mol. The van der Waals surface area contributed by atoms with Crippen molar-refractivity contribution in [1.82, 2.24) is 9.88 Å². The Hall–Kier alpha value is -1.92. The van der Waals surface area contributed by atoms with Crippen molar-refractivity contribution in [2.24, 2.45) is 5.92 Å². The fourth-order valence-corrected chi connectivity index (χ4v) is 3.57. The number of ether oxygens (including phenoxy) is 2. The van der Waals surface area contributed by atoms with Crippen molar-refractivity contribution >= 4 is 6.09 Å². The normalized spacial score (nSPS) is 23.0. The van der Waals surface area contributed by atoms with Gasteiger partial charge in [-0.3, -0.25) is 0 Å². The standard InChI is InChI=1S/C17H22F2N2O3/c1-17(2,3)24-16(22)21-8-4-5-10-9-12-11(14(10)21)6-7-13(20-12)23-15(18)19/h6-7,10,14-15H,4-5,8-9H2,1-3H3/t10-,14-/m0/s1. The van der Waals surface area contributed by atoms with E-state index in [1.54, 1.807) is 11.0 Å². The summed E-state index contributed by atoms with van der Waals surface area (Å²) in [4.78, 5) is 18.5. The van der Waals surface area contributed by atoms with Crippen molar-refractivity contribution < 1.29 is 23.0 Å². The third-order valence-corrected chi connectivity index (χ3v) is 4.35. The Kier molecular flexibility index (Phi) is 4.36. The lowest BCUT2D eigenvalue weighted by Gasteiger charge is -2.38. The predicted octanol–water partition coefficient (Wildman–Crippen LogP) is 3.93. The van der Waals surface area contributed by atoms with Gasteiger partial charge in [0.1, 0.15) is 5.60 Å². The SMILES string of the molecule is CC(C)(C)OC(=O)N1CCC[C@H]2Cc3nc(OC(F)F)ccc3[C@H]21. The Balaban J connectivity index is 1.85. The second-order valence-corrected chi connectivity index (χ2v) is 7.29. The summed E-state index contributed by atoms with van der Waals surface area (Å²) in [6.07, 6.45) is 2.21. The summed E-state index contributed by atoms with van der Waals surface area (Å²) in [7, 11) is 0. The molecule has 7 heteroatoms. The van der Waals surface area contributed by atoms with Gasteiger partial charge in [0, 0.05) is 12.6 Å². The van der Waals surface area contributed by atoms with Gasteiger partial charge in [-0.1, -0.05) is 0 Å².